The molecule has 0 amide bonds. The van der Waals surface area contributed by atoms with Crippen LogP contribution < -0.4 is 0 Å². The van der Waals surface area contributed by atoms with Gasteiger partial charge in [0.15, 0.2) is 0 Å². The number of likely N-dealkylation sites (N-methyl/N-ethyl adjacent to an activating group) is 1. The average Bonchev–Trinajstić information content (AvgIpc) is 1.58. The normalized spacial score (nSPS) is 9.08. The quantitative estimate of drug-likeness (QED) is 0.425. The van der Waals surface area contributed by atoms with E-state index in [1.807, 2.05) is 0 Å². The minimum atomic E-state index is -2.65. The zero-order valence-electron chi connectivity index (χ0n) is 6.95. The topological polar surface area (TPSA) is 54.4 Å². The van der Waals surface area contributed by atoms with E-state index < -0.39 is 7.03 Å². The Labute approximate surface area is 108 Å². The van der Waals surface area contributed by atoms with Gasteiger partial charge in [0.25, 0.3) is 0 Å². The van der Waals surface area contributed by atoms with Gasteiger partial charge in [-0.3, -0.25) is 0 Å². The summed E-state index contributed by atoms with van der Waals surface area (Å²) in [4.78, 5) is 0. The standard InChI is InChI=1S/C5H14NO.Ca.ClO2P.2H/c1-6(2,3)4-5-7;;1-4(2)3;;/h7H,4-5H2,1-3H3;;;;/q+1;;;;. The zero-order chi connectivity index (χ0) is 9.49. The van der Waals surface area contributed by atoms with Crippen molar-refractivity contribution in [1.29, 1.82) is 0 Å². The van der Waals surface area contributed by atoms with E-state index >= 15 is 0 Å². The van der Waals surface area contributed by atoms with Crippen LogP contribution >= 0.6 is 18.3 Å². The third-order valence-electron chi connectivity index (χ3n) is 0.771. The van der Waals surface area contributed by atoms with E-state index in [1.165, 1.54) is 0 Å². The van der Waals surface area contributed by atoms with Crippen molar-refractivity contribution in [2.75, 3.05) is 34.3 Å². The van der Waals surface area contributed by atoms with Crippen molar-refractivity contribution in [3.05, 3.63) is 0 Å². The number of rotatable bonds is 2. The maximum atomic E-state index is 8.80. The van der Waals surface area contributed by atoms with Gasteiger partial charge in [0.05, 0.1) is 27.7 Å². The first-order chi connectivity index (χ1) is 4.79. The molecule has 0 heterocycles. The maximum absolute atomic E-state index is 8.80. The van der Waals surface area contributed by atoms with Crippen LogP contribution in [0.2, 0.25) is 0 Å². The Balaban J connectivity index is -0.000000142. The first-order valence-electron chi connectivity index (χ1n) is 3.01. The fourth-order valence-corrected chi connectivity index (χ4v) is 0.300. The molecule has 0 aromatic heterocycles. The molecular formula is C5H16CaClNO3P+. The van der Waals surface area contributed by atoms with Gasteiger partial charge in [0, 0.05) is 11.2 Å². The zero-order valence-corrected chi connectivity index (χ0v) is 8.60. The molecule has 0 aromatic rings. The van der Waals surface area contributed by atoms with Crippen molar-refractivity contribution < 1.29 is 18.7 Å². The summed E-state index contributed by atoms with van der Waals surface area (Å²) in [5.74, 6) is 0. The van der Waals surface area contributed by atoms with Crippen LogP contribution in [0, 0.1) is 0 Å². The molecule has 12 heavy (non-hydrogen) atoms. The van der Waals surface area contributed by atoms with Gasteiger partial charge in [-0.25, -0.2) is 9.13 Å². The first kappa shape index (κ1) is 19.0. The van der Waals surface area contributed by atoms with Crippen LogP contribution in [0.4, 0.5) is 0 Å². The number of nitrogens with zero attached hydrogens (tertiary/aromatic N) is 1. The molecule has 0 radical (unpaired) electrons. The van der Waals surface area contributed by atoms with Crippen LogP contribution in [0.15, 0.2) is 0 Å². The molecule has 0 saturated carbocycles. The van der Waals surface area contributed by atoms with Crippen LogP contribution in [-0.4, -0.2) is 81.6 Å². The number of aliphatic hydroxyl groups is 1. The molecule has 0 aliphatic carbocycles. The fourth-order valence-electron chi connectivity index (χ4n) is 0.300. The molecule has 1 N–H and O–H groups in total. The Morgan fingerprint density at radius 1 is 1.33 bits per heavy atom. The third-order valence-corrected chi connectivity index (χ3v) is 0.771. The van der Waals surface area contributed by atoms with Crippen molar-refractivity contribution in [2.45, 2.75) is 0 Å². The predicted octanol–water partition coefficient (Wildman–Crippen LogP) is 0.0818. The van der Waals surface area contributed by atoms with Crippen molar-refractivity contribution in [2.24, 2.45) is 0 Å². The van der Waals surface area contributed by atoms with E-state index in [4.69, 9.17) is 14.2 Å². The Bertz CT molecular complexity index is 149. The third kappa shape index (κ3) is 42.4. The summed E-state index contributed by atoms with van der Waals surface area (Å²) in [7, 11) is 3.51. The molecule has 72 valence electrons. The summed E-state index contributed by atoms with van der Waals surface area (Å²) in [6.07, 6.45) is 0. The number of hydrogen-bond acceptors (Lipinski definition) is 3. The predicted molar refractivity (Wildman–Crippen MR) is 52.7 cm³/mol. The Kier molecular flexibility index (Phi) is 16.6. The van der Waals surface area contributed by atoms with Crippen LogP contribution in [0.5, 0.6) is 0 Å². The molecule has 0 rings (SSSR count). The Morgan fingerprint density at radius 2 is 1.58 bits per heavy atom. The number of halogens is 1. The number of hydrogen-bond donors (Lipinski definition) is 1. The second kappa shape index (κ2) is 10.5. The van der Waals surface area contributed by atoms with E-state index in [9.17, 15) is 0 Å². The van der Waals surface area contributed by atoms with Gasteiger partial charge >= 0.3 is 44.8 Å². The molecule has 0 unspecified atom stereocenters. The molecule has 0 aliphatic heterocycles. The molecule has 0 aromatic carbocycles. The number of quaternary nitrogens is 1. The summed E-state index contributed by atoms with van der Waals surface area (Å²) < 4.78 is 18.4. The van der Waals surface area contributed by atoms with E-state index in [-0.39, 0.29) is 44.3 Å². The first-order valence-corrected chi connectivity index (χ1v) is 5.09. The number of aliphatic hydroxyl groups excluding tert-OH is 1. The van der Waals surface area contributed by atoms with E-state index in [0.717, 1.165) is 11.0 Å². The summed E-state index contributed by atoms with van der Waals surface area (Å²) in [6, 6.07) is 0. The van der Waals surface area contributed by atoms with Gasteiger partial charge < -0.3 is 9.59 Å². The van der Waals surface area contributed by atoms with Gasteiger partial charge in [-0.2, -0.15) is 0 Å². The molecule has 4 nitrogen and oxygen atoms in total. The molecule has 0 bridgehead atoms. The minimum absolute atomic E-state index is 0. The molecule has 0 atom stereocenters. The van der Waals surface area contributed by atoms with Gasteiger partial charge in [-0.1, -0.05) is 0 Å². The second-order valence-corrected chi connectivity index (χ2v) is 4.20. The van der Waals surface area contributed by atoms with Crippen molar-refractivity contribution in [3.8, 4) is 0 Å². The molecule has 0 spiro atoms. The monoisotopic (exact) mass is 244 g/mol. The summed E-state index contributed by atoms with van der Waals surface area (Å²) in [5.41, 5.74) is 0. The molecule has 0 fully saturated rings. The van der Waals surface area contributed by atoms with Gasteiger partial charge in [0.2, 0.25) is 0 Å². The summed E-state index contributed by atoms with van der Waals surface area (Å²) in [6.45, 7) is 1.11. The van der Waals surface area contributed by atoms with E-state index in [2.05, 4.69) is 32.4 Å². The molecular weight excluding hydrogens is 229 g/mol. The average molecular weight is 245 g/mol. The van der Waals surface area contributed by atoms with Crippen LogP contribution in [0.3, 0.4) is 0 Å². The molecule has 7 heteroatoms. The second-order valence-electron chi connectivity index (χ2n) is 2.95. The van der Waals surface area contributed by atoms with Crippen LogP contribution in [0.25, 0.3) is 0 Å². The summed E-state index contributed by atoms with van der Waals surface area (Å²) in [5, 5.41) is 8.39. The van der Waals surface area contributed by atoms with E-state index in [0.29, 0.717) is 0 Å². The van der Waals surface area contributed by atoms with Crippen molar-refractivity contribution in [1.82, 2.24) is 0 Å². The fraction of sp³-hybridized carbons (Fsp3) is 1.00. The SMILES string of the molecule is C[N+](C)(C)CCO.O=P(=O)Cl.[CaH2]. The van der Waals surface area contributed by atoms with Crippen LogP contribution in [-0.2, 0) is 9.13 Å². The molecule has 0 saturated heterocycles. The Hall–Kier alpha value is 1.37. The Morgan fingerprint density at radius 3 is 1.58 bits per heavy atom. The summed E-state index contributed by atoms with van der Waals surface area (Å²) >= 11 is 4.23. The van der Waals surface area contributed by atoms with Gasteiger partial charge in [0.1, 0.15) is 6.54 Å². The van der Waals surface area contributed by atoms with Gasteiger partial charge in [-0.15, -0.1) is 0 Å². The van der Waals surface area contributed by atoms with Crippen LogP contribution in [0.1, 0.15) is 0 Å². The van der Waals surface area contributed by atoms with Crippen molar-refractivity contribution in [3.63, 3.8) is 0 Å². The molecule has 0 aliphatic rings. The van der Waals surface area contributed by atoms with E-state index in [1.54, 1.807) is 0 Å². The van der Waals surface area contributed by atoms with Crippen molar-refractivity contribution >= 4 is 56.0 Å². The van der Waals surface area contributed by atoms with Gasteiger partial charge in [-0.05, 0) is 0 Å².